The maximum absolute atomic E-state index is 12.9. The van der Waals surface area contributed by atoms with Gasteiger partial charge in [0.15, 0.2) is 0 Å². The van der Waals surface area contributed by atoms with Crippen LogP contribution >= 0.6 is 0 Å². The molecule has 154 valence electrons. The Morgan fingerprint density at radius 1 is 1.17 bits per heavy atom. The lowest BCUT2D eigenvalue weighted by atomic mass is 9.97. The zero-order valence-corrected chi connectivity index (χ0v) is 16.1. The second kappa shape index (κ2) is 6.65. The van der Waals surface area contributed by atoms with Crippen LogP contribution in [0.25, 0.3) is 0 Å². The first-order valence-electron chi connectivity index (χ1n) is 8.92. The average Bonchev–Trinajstić information content (AvgIpc) is 2.89. The summed E-state index contributed by atoms with van der Waals surface area (Å²) in [5, 5.41) is 0. The number of rotatable bonds is 4. The number of anilines is 2. The SMILES string of the molecule is CC1C(=O)N2CCCc3cc(S(=O)(=O)Nc4ccc(OC(F)(F)F)cc4)cc1c32. The van der Waals surface area contributed by atoms with E-state index in [1.165, 1.54) is 18.2 Å². The molecule has 0 aliphatic carbocycles. The van der Waals surface area contributed by atoms with Crippen molar-refractivity contribution < 1.29 is 31.1 Å². The van der Waals surface area contributed by atoms with Crippen molar-refractivity contribution in [1.29, 1.82) is 0 Å². The summed E-state index contributed by atoms with van der Waals surface area (Å²) in [7, 11) is -3.99. The van der Waals surface area contributed by atoms with Gasteiger partial charge in [-0.15, -0.1) is 13.2 Å². The molecule has 0 saturated heterocycles. The van der Waals surface area contributed by atoms with Crippen molar-refractivity contribution in [1.82, 2.24) is 0 Å². The molecule has 2 aliphatic rings. The van der Waals surface area contributed by atoms with Crippen LogP contribution in [0.2, 0.25) is 0 Å². The highest BCUT2D eigenvalue weighted by atomic mass is 32.2. The molecule has 10 heteroatoms. The molecule has 2 aromatic carbocycles. The number of hydrogen-bond acceptors (Lipinski definition) is 4. The Kier molecular flexibility index (Phi) is 4.49. The Bertz CT molecular complexity index is 1080. The fourth-order valence-corrected chi connectivity index (χ4v) is 4.90. The van der Waals surface area contributed by atoms with Crippen LogP contribution in [-0.2, 0) is 21.2 Å². The molecule has 1 N–H and O–H groups in total. The van der Waals surface area contributed by atoms with Crippen molar-refractivity contribution >= 4 is 27.3 Å². The van der Waals surface area contributed by atoms with Crippen molar-refractivity contribution in [3.63, 3.8) is 0 Å². The Morgan fingerprint density at radius 2 is 1.86 bits per heavy atom. The summed E-state index contributed by atoms with van der Waals surface area (Å²) in [4.78, 5) is 14.2. The van der Waals surface area contributed by atoms with E-state index in [1.807, 2.05) is 0 Å². The van der Waals surface area contributed by atoms with Gasteiger partial charge < -0.3 is 9.64 Å². The summed E-state index contributed by atoms with van der Waals surface area (Å²) in [5.41, 5.74) is 2.39. The molecule has 4 rings (SSSR count). The van der Waals surface area contributed by atoms with Crippen molar-refractivity contribution in [3.8, 4) is 5.75 Å². The molecule has 2 aromatic rings. The maximum atomic E-state index is 12.9. The normalized spacial score (nSPS) is 18.6. The van der Waals surface area contributed by atoms with E-state index < -0.39 is 28.1 Å². The Morgan fingerprint density at radius 3 is 2.52 bits per heavy atom. The predicted octanol–water partition coefficient (Wildman–Crippen LogP) is 3.78. The molecule has 6 nitrogen and oxygen atoms in total. The molecule has 0 radical (unpaired) electrons. The Labute approximate surface area is 165 Å². The van der Waals surface area contributed by atoms with Gasteiger partial charge in [0, 0.05) is 12.2 Å². The number of nitrogens with zero attached hydrogens (tertiary/aromatic N) is 1. The number of carbonyl (C=O) groups is 1. The summed E-state index contributed by atoms with van der Waals surface area (Å²) in [5.74, 6) is -0.908. The second-order valence-electron chi connectivity index (χ2n) is 7.01. The molecule has 0 aromatic heterocycles. The number of sulfonamides is 1. The molecule has 0 fully saturated rings. The number of ether oxygens (including phenoxy) is 1. The van der Waals surface area contributed by atoms with E-state index in [1.54, 1.807) is 17.9 Å². The van der Waals surface area contributed by atoms with Crippen LogP contribution in [0.1, 0.15) is 30.4 Å². The first-order chi connectivity index (χ1) is 13.5. The fourth-order valence-electron chi connectivity index (χ4n) is 3.76. The highest BCUT2D eigenvalue weighted by Crippen LogP contribution is 2.44. The number of carbonyl (C=O) groups excluding carboxylic acids is 1. The summed E-state index contributed by atoms with van der Waals surface area (Å²) in [6.07, 6.45) is -3.40. The van der Waals surface area contributed by atoms with Gasteiger partial charge in [-0.05, 0) is 67.3 Å². The van der Waals surface area contributed by atoms with Gasteiger partial charge in [-0.2, -0.15) is 0 Å². The number of benzene rings is 2. The Balaban J connectivity index is 1.63. The smallest absolute Gasteiger partial charge is 0.406 e. The molecule has 29 heavy (non-hydrogen) atoms. The number of amides is 1. The summed E-state index contributed by atoms with van der Waals surface area (Å²) >= 11 is 0. The second-order valence-corrected chi connectivity index (χ2v) is 8.70. The molecule has 2 heterocycles. The van der Waals surface area contributed by atoms with Crippen molar-refractivity contribution in [2.45, 2.75) is 36.9 Å². The third kappa shape index (κ3) is 3.64. The van der Waals surface area contributed by atoms with Gasteiger partial charge in [0.25, 0.3) is 10.0 Å². The fraction of sp³-hybridized carbons (Fsp3) is 0.316. The minimum atomic E-state index is -4.82. The first-order valence-corrected chi connectivity index (χ1v) is 10.4. The molecule has 1 amide bonds. The van der Waals surface area contributed by atoms with Crippen LogP contribution in [0.15, 0.2) is 41.3 Å². The van der Waals surface area contributed by atoms with E-state index in [4.69, 9.17) is 0 Å². The van der Waals surface area contributed by atoms with Gasteiger partial charge in [-0.25, -0.2) is 8.42 Å². The third-order valence-corrected chi connectivity index (χ3v) is 6.40. The standard InChI is InChI=1S/C19H17F3N2O4S/c1-11-16-10-15(9-12-3-2-8-24(17(12)16)18(11)25)29(26,27)23-13-4-6-14(7-5-13)28-19(20,21)22/h4-7,9-11,23H,2-3,8H2,1H3. The van der Waals surface area contributed by atoms with Crippen LogP contribution in [-0.4, -0.2) is 27.2 Å². The van der Waals surface area contributed by atoms with Crippen LogP contribution in [0.4, 0.5) is 24.5 Å². The number of hydrogen-bond donors (Lipinski definition) is 1. The summed E-state index contributed by atoms with van der Waals surface area (Å²) in [6, 6.07) is 7.47. The number of nitrogens with one attached hydrogen (secondary N) is 1. The summed E-state index contributed by atoms with van der Waals surface area (Å²) in [6.45, 7) is 2.37. The van der Waals surface area contributed by atoms with E-state index in [0.717, 1.165) is 29.8 Å². The van der Waals surface area contributed by atoms with Gasteiger partial charge in [0.1, 0.15) is 5.75 Å². The molecule has 1 atom stereocenters. The van der Waals surface area contributed by atoms with Crippen LogP contribution in [0.5, 0.6) is 5.75 Å². The van der Waals surface area contributed by atoms with Crippen molar-refractivity contribution in [3.05, 3.63) is 47.5 Å². The molecule has 1 unspecified atom stereocenters. The van der Waals surface area contributed by atoms with Gasteiger partial charge in [-0.3, -0.25) is 9.52 Å². The minimum absolute atomic E-state index is 0.0188. The predicted molar refractivity (Wildman–Crippen MR) is 99.5 cm³/mol. The molecule has 0 spiro atoms. The molecular weight excluding hydrogens is 409 g/mol. The van der Waals surface area contributed by atoms with Gasteiger partial charge >= 0.3 is 6.36 Å². The lowest BCUT2D eigenvalue weighted by Crippen LogP contribution is -2.32. The molecular formula is C19H17F3N2O4S. The lowest BCUT2D eigenvalue weighted by molar-refractivity contribution is -0.274. The minimum Gasteiger partial charge on any atom is -0.406 e. The maximum Gasteiger partial charge on any atom is 0.573 e. The number of halogens is 3. The largest absolute Gasteiger partial charge is 0.573 e. The quantitative estimate of drug-likeness (QED) is 0.807. The van der Waals surface area contributed by atoms with Gasteiger partial charge in [-0.1, -0.05) is 0 Å². The van der Waals surface area contributed by atoms with E-state index in [2.05, 4.69) is 9.46 Å². The first kappa shape index (κ1) is 19.6. The monoisotopic (exact) mass is 426 g/mol. The van der Waals surface area contributed by atoms with E-state index in [0.29, 0.717) is 18.5 Å². The van der Waals surface area contributed by atoms with Crippen molar-refractivity contribution in [2.24, 2.45) is 0 Å². The van der Waals surface area contributed by atoms with Crippen LogP contribution in [0.3, 0.4) is 0 Å². The average molecular weight is 426 g/mol. The zero-order valence-electron chi connectivity index (χ0n) is 15.3. The highest BCUT2D eigenvalue weighted by molar-refractivity contribution is 7.92. The van der Waals surface area contributed by atoms with Crippen molar-refractivity contribution in [2.75, 3.05) is 16.2 Å². The zero-order chi connectivity index (χ0) is 21.0. The van der Waals surface area contributed by atoms with E-state index >= 15 is 0 Å². The highest BCUT2D eigenvalue weighted by Gasteiger charge is 2.39. The summed E-state index contributed by atoms with van der Waals surface area (Å²) < 4.78 is 68.6. The Hall–Kier alpha value is -2.75. The third-order valence-electron chi connectivity index (χ3n) is 5.04. The molecule has 0 saturated carbocycles. The van der Waals surface area contributed by atoms with Crippen LogP contribution in [0, 0.1) is 0 Å². The lowest BCUT2D eigenvalue weighted by Gasteiger charge is -2.26. The number of aryl methyl sites for hydroxylation is 1. The van der Waals surface area contributed by atoms with Gasteiger partial charge in [0.05, 0.1) is 16.5 Å². The number of alkyl halides is 3. The van der Waals surface area contributed by atoms with Gasteiger partial charge in [0.2, 0.25) is 5.91 Å². The van der Waals surface area contributed by atoms with Crippen LogP contribution < -0.4 is 14.4 Å². The topological polar surface area (TPSA) is 75.7 Å². The molecule has 0 bridgehead atoms. The van der Waals surface area contributed by atoms with E-state index in [9.17, 15) is 26.4 Å². The van der Waals surface area contributed by atoms with E-state index in [-0.39, 0.29) is 16.5 Å². The molecule has 2 aliphatic heterocycles.